The van der Waals surface area contributed by atoms with Gasteiger partial charge in [-0.25, -0.2) is 4.39 Å². The van der Waals surface area contributed by atoms with Gasteiger partial charge in [0.15, 0.2) is 11.5 Å². The van der Waals surface area contributed by atoms with E-state index in [9.17, 15) is 14.0 Å². The first kappa shape index (κ1) is 26.2. The average molecular weight is 505 g/mol. The van der Waals surface area contributed by atoms with Crippen molar-refractivity contribution >= 4 is 11.8 Å². The summed E-state index contributed by atoms with van der Waals surface area (Å²) in [6.07, 6.45) is 1.70. The summed E-state index contributed by atoms with van der Waals surface area (Å²) in [5.41, 5.74) is 2.22. The Balaban J connectivity index is 1.61. The maximum absolute atomic E-state index is 14.7. The molecule has 0 saturated carbocycles. The van der Waals surface area contributed by atoms with Crippen LogP contribution in [0.2, 0.25) is 0 Å². The second-order valence-electron chi connectivity index (χ2n) is 9.32. The molecule has 3 aromatic rings. The highest BCUT2D eigenvalue weighted by Gasteiger charge is 2.31. The zero-order valence-electron chi connectivity index (χ0n) is 21.3. The Kier molecular flexibility index (Phi) is 8.77. The van der Waals surface area contributed by atoms with Crippen LogP contribution in [0.1, 0.15) is 43.4 Å². The molecule has 3 aromatic carbocycles. The van der Waals surface area contributed by atoms with Gasteiger partial charge in [-0.2, -0.15) is 0 Å². The van der Waals surface area contributed by atoms with Crippen molar-refractivity contribution in [3.05, 3.63) is 95.3 Å². The Hall–Kier alpha value is -3.87. The maximum Gasteiger partial charge on any atom is 0.243 e. The Morgan fingerprint density at radius 1 is 0.973 bits per heavy atom. The molecule has 1 aliphatic rings. The van der Waals surface area contributed by atoms with E-state index in [1.54, 1.807) is 18.2 Å². The lowest BCUT2D eigenvalue weighted by atomic mass is 10.0. The van der Waals surface area contributed by atoms with Gasteiger partial charge in [0.05, 0.1) is 0 Å². The summed E-state index contributed by atoms with van der Waals surface area (Å²) in [7, 11) is 0. The fourth-order valence-electron chi connectivity index (χ4n) is 4.30. The lowest BCUT2D eigenvalue weighted by Gasteiger charge is -2.32. The lowest BCUT2D eigenvalue weighted by molar-refractivity contribution is -0.141. The molecule has 0 radical (unpaired) electrons. The minimum atomic E-state index is -0.791. The van der Waals surface area contributed by atoms with Crippen molar-refractivity contribution in [3.63, 3.8) is 0 Å². The highest BCUT2D eigenvalue weighted by Crippen LogP contribution is 2.33. The van der Waals surface area contributed by atoms with E-state index in [-0.39, 0.29) is 37.6 Å². The molecule has 0 saturated heterocycles. The highest BCUT2D eigenvalue weighted by atomic mass is 19.1. The fourth-order valence-corrected chi connectivity index (χ4v) is 4.30. The molecule has 194 valence electrons. The van der Waals surface area contributed by atoms with Crippen LogP contribution in [0.5, 0.6) is 11.5 Å². The van der Waals surface area contributed by atoms with Gasteiger partial charge in [0.2, 0.25) is 18.6 Å². The highest BCUT2D eigenvalue weighted by molar-refractivity contribution is 5.88. The molecule has 2 amide bonds. The number of halogens is 1. The average Bonchev–Trinajstić information content (AvgIpc) is 3.38. The predicted octanol–water partition coefficient (Wildman–Crippen LogP) is 5.04. The zero-order valence-corrected chi connectivity index (χ0v) is 21.3. The first-order chi connectivity index (χ1) is 17.9. The number of ether oxygens (including phenoxy) is 2. The smallest absolute Gasteiger partial charge is 0.243 e. The molecule has 0 unspecified atom stereocenters. The number of amides is 2. The summed E-state index contributed by atoms with van der Waals surface area (Å²) in [5.74, 6) is 0.466. The van der Waals surface area contributed by atoms with Crippen LogP contribution < -0.4 is 14.8 Å². The van der Waals surface area contributed by atoms with Crippen LogP contribution in [0.25, 0.3) is 0 Å². The molecular weight excluding hydrogens is 471 g/mol. The third kappa shape index (κ3) is 6.88. The number of hydrogen-bond donors (Lipinski definition) is 1. The monoisotopic (exact) mass is 504 g/mol. The SMILES string of the molecule is CC[C@H](C)NC(=O)[C@@H](Cc1ccccc1)N(Cc1ccccc1F)C(=O)CCc1ccc2c(c1)OCO2. The number of hydrogen-bond acceptors (Lipinski definition) is 4. The van der Waals surface area contributed by atoms with Crippen molar-refractivity contribution in [1.82, 2.24) is 10.2 Å². The normalized spacial score (nSPS) is 13.6. The molecule has 7 heteroatoms. The number of fused-ring (bicyclic) bond motifs is 1. The molecule has 37 heavy (non-hydrogen) atoms. The third-order valence-corrected chi connectivity index (χ3v) is 6.64. The van der Waals surface area contributed by atoms with Crippen molar-refractivity contribution in [1.29, 1.82) is 0 Å². The van der Waals surface area contributed by atoms with E-state index >= 15 is 0 Å². The van der Waals surface area contributed by atoms with Gasteiger partial charge < -0.3 is 19.7 Å². The second kappa shape index (κ2) is 12.4. The molecule has 0 spiro atoms. The molecule has 6 nitrogen and oxygen atoms in total. The summed E-state index contributed by atoms with van der Waals surface area (Å²) in [6.45, 7) is 4.10. The predicted molar refractivity (Wildman–Crippen MR) is 140 cm³/mol. The van der Waals surface area contributed by atoms with Gasteiger partial charge in [0, 0.05) is 31.0 Å². The second-order valence-corrected chi connectivity index (χ2v) is 9.32. The van der Waals surface area contributed by atoms with Gasteiger partial charge in [-0.15, -0.1) is 0 Å². The molecule has 2 atom stereocenters. The van der Waals surface area contributed by atoms with Gasteiger partial charge in [0.25, 0.3) is 0 Å². The van der Waals surface area contributed by atoms with E-state index in [1.165, 1.54) is 11.0 Å². The van der Waals surface area contributed by atoms with Gasteiger partial charge in [-0.3, -0.25) is 9.59 Å². The Labute approximate surface area is 217 Å². The van der Waals surface area contributed by atoms with E-state index in [0.717, 1.165) is 17.5 Å². The van der Waals surface area contributed by atoms with Crippen LogP contribution in [0.15, 0.2) is 72.8 Å². The minimum Gasteiger partial charge on any atom is -0.454 e. The van der Waals surface area contributed by atoms with Crippen molar-refractivity contribution in [3.8, 4) is 11.5 Å². The quantitative estimate of drug-likeness (QED) is 0.397. The van der Waals surface area contributed by atoms with Gasteiger partial charge in [-0.1, -0.05) is 61.5 Å². The number of rotatable bonds is 11. The van der Waals surface area contributed by atoms with Crippen LogP contribution in [-0.4, -0.2) is 35.6 Å². The summed E-state index contributed by atoms with van der Waals surface area (Å²) in [6, 6.07) is 20.7. The van der Waals surface area contributed by atoms with Gasteiger partial charge in [0.1, 0.15) is 11.9 Å². The molecule has 0 aliphatic carbocycles. The third-order valence-electron chi connectivity index (χ3n) is 6.64. The van der Waals surface area contributed by atoms with Crippen molar-refractivity contribution in [2.75, 3.05) is 6.79 Å². The topological polar surface area (TPSA) is 67.9 Å². The lowest BCUT2D eigenvalue weighted by Crippen LogP contribution is -2.52. The summed E-state index contributed by atoms with van der Waals surface area (Å²) in [4.78, 5) is 28.8. The first-order valence-electron chi connectivity index (χ1n) is 12.7. The first-order valence-corrected chi connectivity index (χ1v) is 12.7. The van der Waals surface area contributed by atoms with E-state index in [4.69, 9.17) is 9.47 Å². The Morgan fingerprint density at radius 3 is 2.46 bits per heavy atom. The minimum absolute atomic E-state index is 0.00191. The number of nitrogens with zero attached hydrogens (tertiary/aromatic N) is 1. The summed E-state index contributed by atoms with van der Waals surface area (Å²) < 4.78 is 25.5. The molecule has 0 fully saturated rings. The molecule has 0 bridgehead atoms. The van der Waals surface area contributed by atoms with Crippen LogP contribution in [0.3, 0.4) is 0 Å². The molecule has 1 N–H and O–H groups in total. The van der Waals surface area contributed by atoms with Crippen LogP contribution in [0.4, 0.5) is 4.39 Å². The fraction of sp³-hybridized carbons (Fsp3) is 0.333. The molecule has 1 aliphatic heterocycles. The number of carbonyl (C=O) groups excluding carboxylic acids is 2. The van der Waals surface area contributed by atoms with Gasteiger partial charge in [-0.05, 0) is 49.1 Å². The van der Waals surface area contributed by atoms with Crippen LogP contribution >= 0.6 is 0 Å². The van der Waals surface area contributed by atoms with E-state index in [0.29, 0.717) is 29.9 Å². The Morgan fingerprint density at radius 2 is 1.70 bits per heavy atom. The van der Waals surface area contributed by atoms with Crippen LogP contribution in [0, 0.1) is 5.82 Å². The van der Waals surface area contributed by atoms with E-state index in [2.05, 4.69) is 5.32 Å². The molecular formula is C30H33FN2O4. The van der Waals surface area contributed by atoms with Crippen molar-refractivity contribution in [2.45, 2.75) is 58.2 Å². The maximum atomic E-state index is 14.7. The van der Waals surface area contributed by atoms with Crippen LogP contribution in [-0.2, 0) is 29.0 Å². The molecule has 0 aromatic heterocycles. The Bertz CT molecular complexity index is 1220. The number of benzene rings is 3. The van der Waals surface area contributed by atoms with E-state index in [1.807, 2.05) is 62.4 Å². The number of nitrogens with one attached hydrogen (secondary N) is 1. The van der Waals surface area contributed by atoms with Crippen molar-refractivity contribution in [2.24, 2.45) is 0 Å². The summed E-state index contributed by atoms with van der Waals surface area (Å²) >= 11 is 0. The molecule has 1 heterocycles. The van der Waals surface area contributed by atoms with E-state index < -0.39 is 11.9 Å². The molecule has 4 rings (SSSR count). The standard InChI is InChI=1S/C30H33FN2O4/c1-3-21(2)32-30(35)26(17-22-9-5-4-6-10-22)33(19-24-11-7-8-12-25(24)31)29(34)16-14-23-13-15-27-28(18-23)37-20-36-27/h4-13,15,18,21,26H,3,14,16-17,19-20H2,1-2H3,(H,32,35)/t21-,26+/m0/s1. The number of aryl methyl sites for hydroxylation is 1. The van der Waals surface area contributed by atoms with Gasteiger partial charge >= 0.3 is 0 Å². The van der Waals surface area contributed by atoms with Crippen molar-refractivity contribution < 1.29 is 23.5 Å². The number of carbonyl (C=O) groups is 2. The zero-order chi connectivity index (χ0) is 26.2. The largest absolute Gasteiger partial charge is 0.454 e. The summed E-state index contributed by atoms with van der Waals surface area (Å²) in [5, 5.41) is 3.03.